The van der Waals surface area contributed by atoms with E-state index in [1.54, 1.807) is 31.4 Å². The van der Waals surface area contributed by atoms with E-state index in [0.717, 1.165) is 16.5 Å². The molecular formula is C29H25N3O7. The fourth-order valence-electron chi connectivity index (χ4n) is 4.89. The Labute approximate surface area is 223 Å². The molecule has 39 heavy (non-hydrogen) atoms. The highest BCUT2D eigenvalue weighted by molar-refractivity contribution is 6.46. The monoisotopic (exact) mass is 527 g/mol. The van der Waals surface area contributed by atoms with Crippen LogP contribution in [0.25, 0.3) is 16.7 Å². The topological polar surface area (TPSA) is 135 Å². The number of ether oxygens (including phenoxy) is 2. The van der Waals surface area contributed by atoms with Crippen LogP contribution in [0.15, 0.2) is 78.5 Å². The molecule has 10 nitrogen and oxygen atoms in total. The van der Waals surface area contributed by atoms with E-state index in [0.29, 0.717) is 29.0 Å². The number of aliphatic hydroxyl groups is 1. The first-order chi connectivity index (χ1) is 18.8. The molecule has 1 amide bonds. The van der Waals surface area contributed by atoms with Crippen LogP contribution >= 0.6 is 0 Å². The fraction of sp³-hybridized carbons (Fsp3) is 0.172. The van der Waals surface area contributed by atoms with Crippen molar-refractivity contribution in [1.82, 2.24) is 9.88 Å². The standard InChI is InChI=1S/C29H25N3O7/c1-38-21-5-3-4-18(14-21)27(33)25-26(17-6-8-20(9-7-17)32(36)37)31(29(35)28(25)34)13-12-19-16-30-24-11-10-22(39-2)15-23(19)24/h3-11,14-16,26,30,33H,12-13H2,1-2H3/b27-25-. The summed E-state index contributed by atoms with van der Waals surface area (Å²) in [6, 6.07) is 16.8. The number of fused-ring (bicyclic) bond motifs is 1. The normalized spacial score (nSPS) is 16.6. The SMILES string of the molecule is COc1cccc(/C(O)=C2/C(=O)C(=O)N(CCc3c[nH]c4ccc(OC)cc34)C2c2ccc([N+](=O)[O-])cc2)c1. The van der Waals surface area contributed by atoms with Gasteiger partial charge in [0, 0.05) is 41.3 Å². The Kier molecular flexibility index (Phi) is 6.76. The third kappa shape index (κ3) is 4.68. The number of nitro groups is 1. The van der Waals surface area contributed by atoms with Crippen molar-refractivity contribution in [2.45, 2.75) is 12.5 Å². The molecule has 0 saturated carbocycles. The number of amides is 1. The van der Waals surface area contributed by atoms with E-state index >= 15 is 0 Å². The van der Waals surface area contributed by atoms with Gasteiger partial charge in [0.2, 0.25) is 0 Å². The molecule has 10 heteroatoms. The van der Waals surface area contributed by atoms with Crippen LogP contribution in [-0.4, -0.2) is 52.4 Å². The lowest BCUT2D eigenvalue weighted by molar-refractivity contribution is -0.384. The Morgan fingerprint density at radius 2 is 1.74 bits per heavy atom. The molecule has 1 atom stereocenters. The number of hydrogen-bond donors (Lipinski definition) is 2. The summed E-state index contributed by atoms with van der Waals surface area (Å²) in [7, 11) is 3.06. The zero-order chi connectivity index (χ0) is 27.7. The van der Waals surface area contributed by atoms with Gasteiger partial charge in [0.15, 0.2) is 0 Å². The number of benzene rings is 3. The number of aromatic nitrogens is 1. The molecule has 4 aromatic rings. The van der Waals surface area contributed by atoms with Crippen LogP contribution in [0.2, 0.25) is 0 Å². The number of carbonyl (C=O) groups excluding carboxylic acids is 2. The van der Waals surface area contributed by atoms with Crippen molar-refractivity contribution < 1.29 is 29.1 Å². The van der Waals surface area contributed by atoms with Crippen LogP contribution < -0.4 is 9.47 Å². The van der Waals surface area contributed by atoms with Crippen LogP contribution in [0, 0.1) is 10.1 Å². The lowest BCUT2D eigenvalue weighted by Gasteiger charge is -2.25. The molecule has 5 rings (SSSR count). The fourth-order valence-corrected chi connectivity index (χ4v) is 4.89. The van der Waals surface area contributed by atoms with E-state index in [4.69, 9.17) is 9.47 Å². The average molecular weight is 528 g/mol. The van der Waals surface area contributed by atoms with Gasteiger partial charge < -0.3 is 24.5 Å². The third-order valence-corrected chi connectivity index (χ3v) is 6.90. The summed E-state index contributed by atoms with van der Waals surface area (Å²) in [6.45, 7) is 0.158. The van der Waals surface area contributed by atoms with E-state index in [2.05, 4.69) is 4.98 Å². The molecule has 198 valence electrons. The smallest absolute Gasteiger partial charge is 0.295 e. The molecule has 0 aliphatic carbocycles. The van der Waals surface area contributed by atoms with E-state index in [1.165, 1.54) is 36.3 Å². The number of likely N-dealkylation sites (tertiary alicyclic amines) is 1. The first-order valence-electron chi connectivity index (χ1n) is 12.1. The maximum Gasteiger partial charge on any atom is 0.295 e. The van der Waals surface area contributed by atoms with Gasteiger partial charge in [-0.25, -0.2) is 0 Å². The molecule has 0 bridgehead atoms. The largest absolute Gasteiger partial charge is 0.507 e. The minimum absolute atomic E-state index is 0.0947. The highest BCUT2D eigenvalue weighted by Gasteiger charge is 2.46. The summed E-state index contributed by atoms with van der Waals surface area (Å²) in [5, 5.41) is 23.4. The Bertz CT molecular complexity index is 1620. The van der Waals surface area contributed by atoms with Crippen LogP contribution in [0.1, 0.15) is 22.7 Å². The van der Waals surface area contributed by atoms with Crippen LogP contribution in [0.3, 0.4) is 0 Å². The quantitative estimate of drug-likeness (QED) is 0.111. The minimum Gasteiger partial charge on any atom is -0.507 e. The maximum atomic E-state index is 13.3. The molecule has 1 fully saturated rings. The lowest BCUT2D eigenvalue weighted by Crippen LogP contribution is -2.31. The molecule has 3 aromatic carbocycles. The van der Waals surface area contributed by atoms with Crippen molar-refractivity contribution in [3.63, 3.8) is 0 Å². The van der Waals surface area contributed by atoms with Crippen molar-refractivity contribution >= 4 is 34.0 Å². The molecule has 1 aliphatic heterocycles. The van der Waals surface area contributed by atoms with Crippen LogP contribution in [0.4, 0.5) is 5.69 Å². The Morgan fingerprint density at radius 3 is 2.44 bits per heavy atom. The highest BCUT2D eigenvalue weighted by atomic mass is 16.6. The second-order valence-electron chi connectivity index (χ2n) is 9.05. The van der Waals surface area contributed by atoms with Gasteiger partial charge in [-0.05, 0) is 60.0 Å². The number of non-ortho nitro benzene ring substituents is 1. The summed E-state index contributed by atoms with van der Waals surface area (Å²) >= 11 is 0. The number of rotatable bonds is 8. The van der Waals surface area contributed by atoms with Gasteiger partial charge in [0.25, 0.3) is 17.4 Å². The maximum absolute atomic E-state index is 13.3. The second kappa shape index (κ2) is 10.3. The molecular weight excluding hydrogens is 502 g/mol. The number of nitro benzene ring substituents is 1. The van der Waals surface area contributed by atoms with Crippen LogP contribution in [-0.2, 0) is 16.0 Å². The minimum atomic E-state index is -0.947. The summed E-state index contributed by atoms with van der Waals surface area (Å²) in [5.41, 5.74) is 2.37. The van der Waals surface area contributed by atoms with Crippen molar-refractivity contribution in [2.75, 3.05) is 20.8 Å². The lowest BCUT2D eigenvalue weighted by atomic mass is 9.95. The molecule has 1 unspecified atom stereocenters. The molecule has 0 radical (unpaired) electrons. The van der Waals surface area contributed by atoms with Gasteiger partial charge in [0.1, 0.15) is 17.3 Å². The number of ketones is 1. The number of hydrogen-bond acceptors (Lipinski definition) is 7. The first-order valence-corrected chi connectivity index (χ1v) is 12.1. The Hall–Kier alpha value is -5.12. The zero-order valence-electron chi connectivity index (χ0n) is 21.2. The van der Waals surface area contributed by atoms with Crippen molar-refractivity contribution in [2.24, 2.45) is 0 Å². The summed E-state index contributed by atoms with van der Waals surface area (Å²) in [6.07, 6.45) is 2.25. The Balaban J connectivity index is 1.57. The van der Waals surface area contributed by atoms with E-state index in [1.807, 2.05) is 24.4 Å². The number of nitrogens with one attached hydrogen (secondary N) is 1. The number of H-pyrrole nitrogens is 1. The summed E-state index contributed by atoms with van der Waals surface area (Å²) < 4.78 is 10.6. The van der Waals surface area contributed by atoms with Gasteiger partial charge in [-0.15, -0.1) is 0 Å². The molecule has 2 N–H and O–H groups in total. The average Bonchev–Trinajstić information content (AvgIpc) is 3.48. The van der Waals surface area contributed by atoms with Gasteiger partial charge in [-0.2, -0.15) is 0 Å². The number of methoxy groups -OCH3 is 2. The van der Waals surface area contributed by atoms with Crippen molar-refractivity contribution in [3.05, 3.63) is 105 Å². The summed E-state index contributed by atoms with van der Waals surface area (Å²) in [5.74, 6) is -0.794. The Morgan fingerprint density at radius 1 is 1.03 bits per heavy atom. The van der Waals surface area contributed by atoms with Gasteiger partial charge in [0.05, 0.1) is 30.8 Å². The second-order valence-corrected chi connectivity index (χ2v) is 9.05. The van der Waals surface area contributed by atoms with Gasteiger partial charge in [-0.1, -0.05) is 12.1 Å². The van der Waals surface area contributed by atoms with Crippen molar-refractivity contribution in [1.29, 1.82) is 0 Å². The van der Waals surface area contributed by atoms with Gasteiger partial charge in [-0.3, -0.25) is 19.7 Å². The third-order valence-electron chi connectivity index (χ3n) is 6.90. The molecule has 2 heterocycles. The van der Waals surface area contributed by atoms with Gasteiger partial charge >= 0.3 is 0 Å². The number of carbonyl (C=O) groups is 2. The van der Waals surface area contributed by atoms with Crippen LogP contribution in [0.5, 0.6) is 11.5 Å². The number of aliphatic hydroxyl groups excluding tert-OH is 1. The number of Topliss-reactive ketones (excluding diaryl/α,β-unsaturated/α-hetero) is 1. The predicted octanol–water partition coefficient (Wildman–Crippen LogP) is 4.76. The summed E-state index contributed by atoms with van der Waals surface area (Å²) in [4.78, 5) is 42.0. The zero-order valence-corrected chi connectivity index (χ0v) is 21.2. The highest BCUT2D eigenvalue weighted by Crippen LogP contribution is 2.40. The molecule has 1 saturated heterocycles. The molecule has 0 spiro atoms. The molecule has 1 aliphatic rings. The first kappa shape index (κ1) is 25.5. The number of aromatic amines is 1. The van der Waals surface area contributed by atoms with E-state index in [9.17, 15) is 24.8 Å². The molecule has 1 aromatic heterocycles. The van der Waals surface area contributed by atoms with E-state index < -0.39 is 22.7 Å². The van der Waals surface area contributed by atoms with E-state index in [-0.39, 0.29) is 23.6 Å². The number of nitrogens with zero attached hydrogens (tertiary/aromatic N) is 2. The van der Waals surface area contributed by atoms with Crippen molar-refractivity contribution in [3.8, 4) is 11.5 Å². The predicted molar refractivity (Wildman–Crippen MR) is 144 cm³/mol.